The van der Waals surface area contributed by atoms with Crippen LogP contribution in [0.15, 0.2) is 35.4 Å². The Morgan fingerprint density at radius 1 is 1.16 bits per heavy atom. The quantitative estimate of drug-likeness (QED) is 0.705. The molecule has 25 heavy (non-hydrogen) atoms. The fourth-order valence-electron chi connectivity index (χ4n) is 3.50. The predicted molar refractivity (Wildman–Crippen MR) is 96.0 cm³/mol. The van der Waals surface area contributed by atoms with E-state index in [4.69, 9.17) is 0 Å². The lowest BCUT2D eigenvalue weighted by atomic mass is 10.1. The smallest absolute Gasteiger partial charge is 0.177 e. The Bertz CT molecular complexity index is 1090. The number of pyridine rings is 1. The highest BCUT2D eigenvalue weighted by Crippen LogP contribution is 2.44. The van der Waals surface area contributed by atoms with Gasteiger partial charge < -0.3 is 4.57 Å². The monoisotopic (exact) mass is 358 g/mol. The van der Waals surface area contributed by atoms with Crippen molar-refractivity contribution in [1.82, 2.24) is 9.55 Å². The summed E-state index contributed by atoms with van der Waals surface area (Å²) in [6.45, 7) is 3.98. The summed E-state index contributed by atoms with van der Waals surface area (Å²) in [5, 5.41) is 0.737. The molecule has 0 atom stereocenters. The molecule has 130 valence electrons. The van der Waals surface area contributed by atoms with Crippen LogP contribution >= 0.6 is 0 Å². The molecule has 0 spiro atoms. The standard InChI is InChI=1S/C19H19FN2O2S/c1-11-12(2)22(15-8-9-15)19-17(11)16(25(3,23)24)10-21-18(19)13-4-6-14(20)7-5-13/h4-7,10,15H,8-9H2,1-3H3. The summed E-state index contributed by atoms with van der Waals surface area (Å²) in [6, 6.07) is 6.56. The lowest BCUT2D eigenvalue weighted by molar-refractivity contribution is 0.602. The van der Waals surface area contributed by atoms with Crippen molar-refractivity contribution >= 4 is 20.7 Å². The number of aryl methyl sites for hydroxylation is 1. The van der Waals surface area contributed by atoms with Gasteiger partial charge in [-0.1, -0.05) is 0 Å². The molecule has 4 rings (SSSR count). The molecule has 1 saturated carbocycles. The summed E-state index contributed by atoms with van der Waals surface area (Å²) in [6.07, 6.45) is 4.80. The maximum Gasteiger partial charge on any atom is 0.177 e. The molecule has 2 aromatic heterocycles. The average molecular weight is 358 g/mol. The second kappa shape index (κ2) is 5.39. The Morgan fingerprint density at radius 3 is 2.36 bits per heavy atom. The van der Waals surface area contributed by atoms with Crippen LogP contribution < -0.4 is 0 Å². The fraction of sp³-hybridized carbons (Fsp3) is 0.316. The van der Waals surface area contributed by atoms with Gasteiger partial charge in [-0.25, -0.2) is 12.8 Å². The Kier molecular flexibility index (Phi) is 3.51. The minimum absolute atomic E-state index is 0.258. The third-order valence-electron chi connectivity index (χ3n) is 4.97. The van der Waals surface area contributed by atoms with Gasteiger partial charge in [0.05, 0.1) is 16.1 Å². The van der Waals surface area contributed by atoms with Gasteiger partial charge in [-0.15, -0.1) is 0 Å². The van der Waals surface area contributed by atoms with E-state index in [1.165, 1.54) is 24.6 Å². The second-order valence-corrected chi connectivity index (χ2v) is 8.77. The normalized spacial score (nSPS) is 15.0. The van der Waals surface area contributed by atoms with Crippen LogP contribution in [0.3, 0.4) is 0 Å². The fourth-order valence-corrected chi connectivity index (χ4v) is 4.36. The van der Waals surface area contributed by atoms with Gasteiger partial charge in [-0.2, -0.15) is 0 Å². The van der Waals surface area contributed by atoms with E-state index in [1.54, 1.807) is 12.1 Å². The third kappa shape index (κ3) is 2.56. The molecule has 0 aliphatic heterocycles. The third-order valence-corrected chi connectivity index (χ3v) is 6.08. The van der Waals surface area contributed by atoms with E-state index in [0.29, 0.717) is 11.7 Å². The Morgan fingerprint density at radius 2 is 1.80 bits per heavy atom. The van der Waals surface area contributed by atoms with Crippen LogP contribution in [0.25, 0.3) is 22.2 Å². The minimum atomic E-state index is -3.40. The molecule has 0 radical (unpaired) electrons. The summed E-state index contributed by atoms with van der Waals surface area (Å²) >= 11 is 0. The van der Waals surface area contributed by atoms with Crippen LogP contribution in [-0.2, 0) is 9.84 Å². The lowest BCUT2D eigenvalue weighted by Gasteiger charge is -2.12. The number of sulfone groups is 1. The average Bonchev–Trinajstić information content (AvgIpc) is 3.35. The Balaban J connectivity index is 2.15. The molecule has 0 amide bonds. The topological polar surface area (TPSA) is 52.0 Å². The van der Waals surface area contributed by atoms with Crippen molar-refractivity contribution in [2.75, 3.05) is 6.26 Å². The van der Waals surface area contributed by atoms with Gasteiger partial charge in [-0.3, -0.25) is 4.98 Å². The molecular weight excluding hydrogens is 339 g/mol. The summed E-state index contributed by atoms with van der Waals surface area (Å²) in [5.74, 6) is -0.308. The SMILES string of the molecule is Cc1c(C)n(C2CC2)c2c(-c3ccc(F)cc3)ncc(S(C)(=O)=O)c12. The number of halogens is 1. The van der Waals surface area contributed by atoms with Crippen molar-refractivity contribution < 1.29 is 12.8 Å². The van der Waals surface area contributed by atoms with E-state index in [1.807, 2.05) is 13.8 Å². The van der Waals surface area contributed by atoms with Gasteiger partial charge in [-0.05, 0) is 56.5 Å². The second-order valence-electron chi connectivity index (χ2n) is 6.79. The van der Waals surface area contributed by atoms with Crippen LogP contribution in [0.5, 0.6) is 0 Å². The number of fused-ring (bicyclic) bond motifs is 1. The molecule has 1 aliphatic carbocycles. The predicted octanol–water partition coefficient (Wildman–Crippen LogP) is 4.20. The van der Waals surface area contributed by atoms with E-state index in [-0.39, 0.29) is 10.7 Å². The van der Waals surface area contributed by atoms with Gasteiger partial charge in [0.15, 0.2) is 9.84 Å². The molecule has 1 aromatic carbocycles. The van der Waals surface area contributed by atoms with Gasteiger partial charge in [0.1, 0.15) is 5.82 Å². The highest BCUT2D eigenvalue weighted by molar-refractivity contribution is 7.91. The van der Waals surface area contributed by atoms with Crippen LogP contribution in [0.4, 0.5) is 4.39 Å². The van der Waals surface area contributed by atoms with E-state index >= 15 is 0 Å². The van der Waals surface area contributed by atoms with Crippen molar-refractivity contribution in [3.8, 4) is 11.3 Å². The first-order valence-corrected chi connectivity index (χ1v) is 10.1. The Hall–Kier alpha value is -2.21. The number of aromatic nitrogens is 2. The molecule has 0 saturated heterocycles. The first-order valence-electron chi connectivity index (χ1n) is 8.25. The molecule has 4 nitrogen and oxygen atoms in total. The molecule has 1 fully saturated rings. The van der Waals surface area contributed by atoms with Crippen LogP contribution in [0, 0.1) is 19.7 Å². The molecule has 2 heterocycles. The number of hydrogen-bond donors (Lipinski definition) is 0. The minimum Gasteiger partial charge on any atom is -0.340 e. The van der Waals surface area contributed by atoms with Gasteiger partial charge in [0.25, 0.3) is 0 Å². The molecule has 3 aromatic rings. The molecule has 1 aliphatic rings. The number of benzene rings is 1. The maximum absolute atomic E-state index is 13.3. The first kappa shape index (κ1) is 16.3. The first-order chi connectivity index (χ1) is 11.8. The van der Waals surface area contributed by atoms with E-state index in [0.717, 1.165) is 40.6 Å². The zero-order valence-electron chi connectivity index (χ0n) is 14.4. The summed E-state index contributed by atoms with van der Waals surface area (Å²) in [5.41, 5.74) is 4.36. The van der Waals surface area contributed by atoms with Crippen molar-refractivity contribution in [3.63, 3.8) is 0 Å². The zero-order valence-corrected chi connectivity index (χ0v) is 15.2. The largest absolute Gasteiger partial charge is 0.340 e. The van der Waals surface area contributed by atoms with Crippen LogP contribution in [0.1, 0.15) is 30.1 Å². The van der Waals surface area contributed by atoms with Crippen LogP contribution in [0.2, 0.25) is 0 Å². The van der Waals surface area contributed by atoms with Crippen molar-refractivity contribution in [1.29, 1.82) is 0 Å². The molecule has 0 unspecified atom stereocenters. The highest BCUT2D eigenvalue weighted by atomic mass is 32.2. The van der Waals surface area contributed by atoms with Crippen LogP contribution in [-0.4, -0.2) is 24.2 Å². The van der Waals surface area contributed by atoms with E-state index in [9.17, 15) is 12.8 Å². The van der Waals surface area contributed by atoms with Gasteiger partial charge >= 0.3 is 0 Å². The van der Waals surface area contributed by atoms with Crippen molar-refractivity contribution in [3.05, 3.63) is 47.5 Å². The summed E-state index contributed by atoms with van der Waals surface area (Å²) in [7, 11) is -3.40. The Labute approximate surface area is 146 Å². The van der Waals surface area contributed by atoms with E-state index < -0.39 is 9.84 Å². The van der Waals surface area contributed by atoms with E-state index in [2.05, 4.69) is 9.55 Å². The van der Waals surface area contributed by atoms with Gasteiger partial charge in [0.2, 0.25) is 0 Å². The zero-order chi connectivity index (χ0) is 17.9. The highest BCUT2D eigenvalue weighted by Gasteiger charge is 2.31. The summed E-state index contributed by atoms with van der Waals surface area (Å²) in [4.78, 5) is 4.73. The molecular formula is C19H19FN2O2S. The number of rotatable bonds is 3. The summed E-state index contributed by atoms with van der Waals surface area (Å²) < 4.78 is 40.1. The molecule has 0 N–H and O–H groups in total. The van der Waals surface area contributed by atoms with Crippen molar-refractivity contribution in [2.45, 2.75) is 37.6 Å². The van der Waals surface area contributed by atoms with Crippen molar-refractivity contribution in [2.24, 2.45) is 0 Å². The number of nitrogens with zero attached hydrogens (tertiary/aromatic N) is 2. The molecule has 6 heteroatoms. The maximum atomic E-state index is 13.3. The molecule has 0 bridgehead atoms. The number of hydrogen-bond acceptors (Lipinski definition) is 3. The lowest BCUT2D eigenvalue weighted by Crippen LogP contribution is -2.03. The van der Waals surface area contributed by atoms with Gasteiger partial charge in [0, 0.05) is 35.1 Å².